The van der Waals surface area contributed by atoms with Gasteiger partial charge < -0.3 is 20.5 Å². The van der Waals surface area contributed by atoms with Crippen LogP contribution in [0.25, 0.3) is 0 Å². The third kappa shape index (κ3) is 4.73. The zero-order chi connectivity index (χ0) is 19.3. The summed E-state index contributed by atoms with van der Waals surface area (Å²) in [5.74, 6) is -0.140. The van der Waals surface area contributed by atoms with E-state index in [1.165, 1.54) is 18.4 Å². The van der Waals surface area contributed by atoms with E-state index < -0.39 is 5.97 Å². The molecule has 6 heteroatoms. The van der Waals surface area contributed by atoms with Crippen molar-refractivity contribution in [3.05, 3.63) is 29.8 Å². The summed E-state index contributed by atoms with van der Waals surface area (Å²) in [6.45, 7) is 0.608. The average molecular weight is 374 g/mol. The van der Waals surface area contributed by atoms with Gasteiger partial charge in [0, 0.05) is 18.0 Å². The van der Waals surface area contributed by atoms with Crippen LogP contribution in [-0.4, -0.2) is 36.8 Å². The Bertz CT molecular complexity index is 662. The first-order valence-electron chi connectivity index (χ1n) is 9.94. The van der Waals surface area contributed by atoms with Gasteiger partial charge >= 0.3 is 12.0 Å². The Morgan fingerprint density at radius 3 is 2.52 bits per heavy atom. The zero-order valence-electron chi connectivity index (χ0n) is 16.0. The molecule has 0 saturated heterocycles. The molecule has 2 fully saturated rings. The first kappa shape index (κ1) is 19.5. The van der Waals surface area contributed by atoms with Gasteiger partial charge in [-0.1, -0.05) is 25.0 Å². The van der Waals surface area contributed by atoms with E-state index in [0.29, 0.717) is 19.4 Å². The molecule has 0 bridgehead atoms. The number of carboxylic acids is 1. The van der Waals surface area contributed by atoms with Crippen molar-refractivity contribution < 1.29 is 19.4 Å². The van der Waals surface area contributed by atoms with Gasteiger partial charge in [0.1, 0.15) is 5.75 Å². The van der Waals surface area contributed by atoms with Crippen LogP contribution in [0.4, 0.5) is 4.79 Å². The van der Waals surface area contributed by atoms with Crippen molar-refractivity contribution in [2.45, 2.75) is 62.8 Å². The Morgan fingerprint density at radius 2 is 1.89 bits per heavy atom. The van der Waals surface area contributed by atoms with Crippen molar-refractivity contribution in [1.29, 1.82) is 0 Å². The summed E-state index contributed by atoms with van der Waals surface area (Å²) in [6, 6.07) is 8.08. The van der Waals surface area contributed by atoms with Crippen LogP contribution in [0.5, 0.6) is 5.75 Å². The number of rotatable bonds is 6. The van der Waals surface area contributed by atoms with Crippen LogP contribution >= 0.6 is 0 Å². The summed E-state index contributed by atoms with van der Waals surface area (Å²) in [5, 5.41) is 15.2. The number of methoxy groups -OCH3 is 1. The Labute approximate surface area is 160 Å². The monoisotopic (exact) mass is 374 g/mol. The number of aliphatic carboxylic acids is 1. The Kier molecular flexibility index (Phi) is 6.24. The van der Waals surface area contributed by atoms with Crippen LogP contribution in [0.1, 0.15) is 56.9 Å². The number of hydrogen-bond donors (Lipinski definition) is 3. The summed E-state index contributed by atoms with van der Waals surface area (Å²) < 4.78 is 5.37. The fourth-order valence-electron chi connectivity index (χ4n) is 4.54. The van der Waals surface area contributed by atoms with E-state index in [2.05, 4.69) is 22.8 Å². The number of benzene rings is 1. The lowest BCUT2D eigenvalue weighted by molar-refractivity contribution is -0.142. The number of amides is 2. The number of carboxylic acid groups (broad SMARTS) is 1. The summed E-state index contributed by atoms with van der Waals surface area (Å²) in [7, 11) is 1.67. The van der Waals surface area contributed by atoms with E-state index in [1.807, 2.05) is 12.1 Å². The molecule has 2 saturated carbocycles. The predicted octanol–water partition coefficient (Wildman–Crippen LogP) is 3.45. The van der Waals surface area contributed by atoms with E-state index in [4.69, 9.17) is 9.84 Å². The SMILES string of the molecule is COc1cccc(C2(CNC(=O)NC3CCC(C(=O)O)CC3)CCCC2)c1. The lowest BCUT2D eigenvalue weighted by atomic mass is 9.78. The lowest BCUT2D eigenvalue weighted by Crippen LogP contribution is -2.48. The van der Waals surface area contributed by atoms with E-state index in [1.54, 1.807) is 7.11 Å². The molecule has 1 aromatic carbocycles. The molecular formula is C21H30N2O4. The summed E-state index contributed by atoms with van der Waals surface area (Å²) in [6.07, 6.45) is 7.17. The van der Waals surface area contributed by atoms with Gasteiger partial charge in [0.2, 0.25) is 0 Å². The standard InChI is InChI=1S/C21H30N2O4/c1-27-18-6-4-5-16(13-18)21(11-2-3-12-21)14-22-20(26)23-17-9-7-15(8-10-17)19(24)25/h4-6,13,15,17H,2-3,7-12,14H2,1H3,(H,24,25)(H2,22,23,26). The number of ether oxygens (including phenoxy) is 1. The van der Waals surface area contributed by atoms with Crippen molar-refractivity contribution in [3.63, 3.8) is 0 Å². The van der Waals surface area contributed by atoms with Crippen LogP contribution in [0.15, 0.2) is 24.3 Å². The quantitative estimate of drug-likeness (QED) is 0.712. The molecule has 6 nitrogen and oxygen atoms in total. The van der Waals surface area contributed by atoms with Gasteiger partial charge in [0.25, 0.3) is 0 Å². The van der Waals surface area contributed by atoms with Gasteiger partial charge in [-0.15, -0.1) is 0 Å². The number of carbonyl (C=O) groups is 2. The average Bonchev–Trinajstić information content (AvgIpc) is 3.17. The Balaban J connectivity index is 1.55. The van der Waals surface area contributed by atoms with Crippen molar-refractivity contribution in [2.24, 2.45) is 5.92 Å². The molecule has 27 heavy (non-hydrogen) atoms. The molecule has 3 N–H and O–H groups in total. The Hall–Kier alpha value is -2.24. The maximum absolute atomic E-state index is 12.4. The van der Waals surface area contributed by atoms with Gasteiger partial charge in [-0.25, -0.2) is 4.79 Å². The highest BCUT2D eigenvalue weighted by molar-refractivity contribution is 5.74. The van der Waals surface area contributed by atoms with E-state index in [-0.39, 0.29) is 23.4 Å². The van der Waals surface area contributed by atoms with Crippen LogP contribution in [-0.2, 0) is 10.2 Å². The number of hydrogen-bond acceptors (Lipinski definition) is 3. The minimum Gasteiger partial charge on any atom is -0.497 e. The maximum atomic E-state index is 12.4. The normalized spacial score (nSPS) is 24.2. The van der Waals surface area contributed by atoms with E-state index >= 15 is 0 Å². The molecule has 148 valence electrons. The molecule has 0 aromatic heterocycles. The molecule has 1 aromatic rings. The number of nitrogens with one attached hydrogen (secondary N) is 2. The minimum absolute atomic E-state index is 0.0349. The van der Waals surface area contributed by atoms with Crippen LogP contribution < -0.4 is 15.4 Å². The maximum Gasteiger partial charge on any atom is 0.315 e. The summed E-state index contributed by atoms with van der Waals surface area (Å²) in [5.41, 5.74) is 1.19. The highest BCUT2D eigenvalue weighted by Gasteiger charge is 2.36. The van der Waals surface area contributed by atoms with Crippen LogP contribution in [0.3, 0.4) is 0 Å². The summed E-state index contributed by atoms with van der Waals surface area (Å²) >= 11 is 0. The molecule has 0 unspecified atom stereocenters. The second-order valence-electron chi connectivity index (χ2n) is 7.93. The van der Waals surface area contributed by atoms with E-state index in [9.17, 15) is 9.59 Å². The van der Waals surface area contributed by atoms with Gasteiger partial charge in [-0.05, 0) is 56.2 Å². The third-order valence-corrected chi connectivity index (χ3v) is 6.24. The summed E-state index contributed by atoms with van der Waals surface area (Å²) in [4.78, 5) is 23.5. The molecule has 2 amide bonds. The van der Waals surface area contributed by atoms with Gasteiger partial charge in [-0.2, -0.15) is 0 Å². The van der Waals surface area contributed by atoms with Crippen molar-refractivity contribution in [3.8, 4) is 5.75 Å². The molecule has 0 radical (unpaired) electrons. The van der Waals surface area contributed by atoms with Crippen molar-refractivity contribution >= 4 is 12.0 Å². The highest BCUT2D eigenvalue weighted by atomic mass is 16.5. The fraction of sp³-hybridized carbons (Fsp3) is 0.619. The van der Waals surface area contributed by atoms with Crippen molar-refractivity contribution in [2.75, 3.05) is 13.7 Å². The topological polar surface area (TPSA) is 87.7 Å². The largest absolute Gasteiger partial charge is 0.497 e. The minimum atomic E-state index is -0.723. The molecule has 3 rings (SSSR count). The third-order valence-electron chi connectivity index (χ3n) is 6.24. The first-order chi connectivity index (χ1) is 13.0. The van der Waals surface area contributed by atoms with Gasteiger partial charge in [0.15, 0.2) is 0 Å². The Morgan fingerprint density at radius 1 is 1.19 bits per heavy atom. The fourth-order valence-corrected chi connectivity index (χ4v) is 4.54. The number of carbonyl (C=O) groups excluding carboxylic acids is 1. The smallest absolute Gasteiger partial charge is 0.315 e. The van der Waals surface area contributed by atoms with Crippen LogP contribution in [0, 0.1) is 5.92 Å². The molecule has 0 atom stereocenters. The second kappa shape index (κ2) is 8.63. The van der Waals surface area contributed by atoms with Gasteiger partial charge in [-0.3, -0.25) is 4.79 Å². The molecular weight excluding hydrogens is 344 g/mol. The second-order valence-corrected chi connectivity index (χ2v) is 7.93. The number of urea groups is 1. The molecule has 0 aliphatic heterocycles. The molecule has 2 aliphatic rings. The molecule has 0 spiro atoms. The van der Waals surface area contributed by atoms with Crippen molar-refractivity contribution in [1.82, 2.24) is 10.6 Å². The zero-order valence-corrected chi connectivity index (χ0v) is 16.0. The van der Waals surface area contributed by atoms with E-state index in [0.717, 1.165) is 31.4 Å². The molecule has 2 aliphatic carbocycles. The van der Waals surface area contributed by atoms with Crippen LogP contribution in [0.2, 0.25) is 0 Å². The predicted molar refractivity (Wildman–Crippen MR) is 103 cm³/mol. The lowest BCUT2D eigenvalue weighted by Gasteiger charge is -2.31. The van der Waals surface area contributed by atoms with Gasteiger partial charge in [0.05, 0.1) is 13.0 Å². The molecule has 0 heterocycles. The highest BCUT2D eigenvalue weighted by Crippen LogP contribution is 2.41. The first-order valence-corrected chi connectivity index (χ1v) is 9.94.